The number of carboxylic acid groups (broad SMARTS) is 1. The first-order valence-corrected chi connectivity index (χ1v) is 15.4. The molecule has 0 aliphatic carbocycles. The van der Waals surface area contributed by atoms with E-state index in [1.165, 1.54) is 12.3 Å². The maximum Gasteiger partial charge on any atom is 0.345 e. The van der Waals surface area contributed by atoms with Crippen molar-refractivity contribution in [2.24, 2.45) is 28.0 Å². The molecule has 0 aliphatic rings. The monoisotopic (exact) mass is 662 g/mol. The summed E-state index contributed by atoms with van der Waals surface area (Å²) in [7, 11) is 3.28. The molecule has 0 fully saturated rings. The Morgan fingerprint density at radius 2 is 1.80 bits per heavy atom. The predicted octanol–water partition coefficient (Wildman–Crippen LogP) is 5.02. The number of hydrogen-bond acceptors (Lipinski definition) is 8. The topological polar surface area (TPSA) is 169 Å². The molecule has 46 heavy (non-hydrogen) atoms. The average molecular weight is 663 g/mol. The lowest BCUT2D eigenvalue weighted by Crippen LogP contribution is -2.45. The highest BCUT2D eigenvalue weighted by Crippen LogP contribution is 2.24. The maximum absolute atomic E-state index is 12.4. The summed E-state index contributed by atoms with van der Waals surface area (Å²) in [4.78, 5) is 51.7. The highest BCUT2D eigenvalue weighted by atomic mass is 35.5. The van der Waals surface area contributed by atoms with Crippen molar-refractivity contribution in [1.29, 1.82) is 0 Å². The van der Waals surface area contributed by atoms with Gasteiger partial charge in [-0.15, -0.1) is 0 Å². The molecule has 0 aromatic heterocycles. The number of carbonyl (C=O) groups excluding carboxylic acids is 3. The zero-order valence-electron chi connectivity index (χ0n) is 28.3. The fraction of sp³-hybridized carbons (Fsp3) is 0.500. The Morgan fingerprint density at radius 1 is 1.13 bits per heavy atom. The Labute approximate surface area is 278 Å². The number of nitrogens with two attached hydrogens (primary N) is 1. The van der Waals surface area contributed by atoms with Gasteiger partial charge in [0, 0.05) is 31.6 Å². The van der Waals surface area contributed by atoms with Crippen LogP contribution in [0.15, 0.2) is 59.3 Å². The van der Waals surface area contributed by atoms with Crippen molar-refractivity contribution in [2.75, 3.05) is 27.2 Å². The van der Waals surface area contributed by atoms with Crippen molar-refractivity contribution in [3.05, 3.63) is 64.9 Å². The van der Waals surface area contributed by atoms with Crippen molar-refractivity contribution in [3.63, 3.8) is 0 Å². The first-order valence-electron chi connectivity index (χ1n) is 15.0. The number of methoxy groups -OCH3 is 1. The summed E-state index contributed by atoms with van der Waals surface area (Å²) in [5, 5.41) is 15.0. The van der Waals surface area contributed by atoms with Crippen LogP contribution in [0.1, 0.15) is 59.4 Å². The molecule has 0 bridgehead atoms. The molecular weight excluding hydrogens is 612 g/mol. The van der Waals surface area contributed by atoms with E-state index in [2.05, 4.69) is 22.5 Å². The number of aryl methyl sites for hydroxylation is 1. The summed E-state index contributed by atoms with van der Waals surface area (Å²) in [6.07, 6.45) is 10.6. The summed E-state index contributed by atoms with van der Waals surface area (Å²) in [5.41, 5.74) is 6.33. The van der Waals surface area contributed by atoms with Crippen molar-refractivity contribution >= 4 is 41.6 Å². The van der Waals surface area contributed by atoms with Crippen molar-refractivity contribution in [2.45, 2.75) is 66.9 Å². The Bertz CT molecular complexity index is 1260. The van der Waals surface area contributed by atoms with Gasteiger partial charge < -0.3 is 30.9 Å². The van der Waals surface area contributed by atoms with E-state index in [4.69, 9.17) is 26.8 Å². The number of nitrogens with one attached hydrogen (secondary N) is 2. The Kier molecular flexibility index (Phi) is 20.4. The highest BCUT2D eigenvalue weighted by Gasteiger charge is 2.34. The standard InChI is InChI=1S/C26H42N4O6.C8H9ClO/c1-18(2)13-21(24(33)34)36-25(35)26(4,5)17-30-23(32)16-29-22(31)10-8-7-9-19(3)11-12-20(14-27)15-28-6;1-6-3-4-8(10-2)7(9)5-6/h8,10-12,14-15,18-19,21H,7,9,13,16-17,27H2,1-6H3,(H,29,31)(H,30,32)(H,33,34);3-5H,1-2H3/b10-8+,12-11+,20-14-,28-15?;. The zero-order chi connectivity index (χ0) is 35.3. The Balaban J connectivity index is 0.00000170. The number of hydrogen-bond donors (Lipinski definition) is 4. The quantitative estimate of drug-likeness (QED) is 0.0780. The van der Waals surface area contributed by atoms with Crippen LogP contribution in [-0.4, -0.2) is 68.4 Å². The molecule has 0 radical (unpaired) electrons. The number of aliphatic imine (C=N–C) groups is 1. The van der Waals surface area contributed by atoms with Gasteiger partial charge in [-0.3, -0.25) is 19.4 Å². The number of carboxylic acids is 1. The molecule has 0 heterocycles. The highest BCUT2D eigenvalue weighted by molar-refractivity contribution is 6.32. The smallest absolute Gasteiger partial charge is 0.345 e. The van der Waals surface area contributed by atoms with Crippen LogP contribution in [0, 0.1) is 24.2 Å². The van der Waals surface area contributed by atoms with Crippen LogP contribution >= 0.6 is 11.6 Å². The lowest BCUT2D eigenvalue weighted by Gasteiger charge is -2.25. The van der Waals surface area contributed by atoms with Gasteiger partial charge in [-0.1, -0.05) is 56.7 Å². The van der Waals surface area contributed by atoms with E-state index >= 15 is 0 Å². The Hall–Kier alpha value is -4.12. The average Bonchev–Trinajstić information content (AvgIpc) is 2.99. The van der Waals surface area contributed by atoms with Crippen molar-refractivity contribution in [3.8, 4) is 5.75 Å². The molecule has 0 saturated carbocycles. The van der Waals surface area contributed by atoms with Gasteiger partial charge in [-0.2, -0.15) is 0 Å². The number of esters is 1. The number of nitrogens with zero attached hydrogens (tertiary/aromatic N) is 1. The first kappa shape index (κ1) is 41.9. The lowest BCUT2D eigenvalue weighted by atomic mass is 9.93. The SMILES string of the molecule is CN=CC(=C\N)/C=C/C(C)CC/C=C/C(=O)NCC(=O)NCC(C)(C)C(=O)OC(CC(C)C)C(=O)O.COc1ccc(C)cc1Cl. The second-order valence-electron chi connectivity index (χ2n) is 11.7. The molecule has 0 aliphatic heterocycles. The van der Waals surface area contributed by atoms with Gasteiger partial charge >= 0.3 is 11.9 Å². The molecule has 11 nitrogen and oxygen atoms in total. The van der Waals surface area contributed by atoms with E-state index < -0.39 is 35.3 Å². The fourth-order valence-electron chi connectivity index (χ4n) is 3.58. The zero-order valence-corrected chi connectivity index (χ0v) is 29.0. The molecule has 256 valence electrons. The second kappa shape index (κ2) is 22.4. The number of aliphatic carboxylic acids is 1. The van der Waals surface area contributed by atoms with Crippen LogP contribution in [0.25, 0.3) is 0 Å². The normalized spacial score (nSPS) is 13.3. The van der Waals surface area contributed by atoms with E-state index in [0.717, 1.165) is 23.3 Å². The largest absolute Gasteiger partial charge is 0.495 e. The molecule has 12 heteroatoms. The minimum Gasteiger partial charge on any atom is -0.495 e. The van der Waals surface area contributed by atoms with E-state index in [9.17, 15) is 24.3 Å². The molecule has 2 atom stereocenters. The second-order valence-corrected chi connectivity index (χ2v) is 12.2. The summed E-state index contributed by atoms with van der Waals surface area (Å²) >= 11 is 5.80. The molecule has 1 aromatic rings. The van der Waals surface area contributed by atoms with Gasteiger partial charge in [-0.25, -0.2) is 4.79 Å². The van der Waals surface area contributed by atoms with Crippen molar-refractivity contribution < 1.29 is 33.8 Å². The molecule has 0 saturated heterocycles. The minimum absolute atomic E-state index is 0.0348. The van der Waals surface area contributed by atoms with Gasteiger partial charge in [-0.05, 0) is 75.6 Å². The van der Waals surface area contributed by atoms with Gasteiger partial charge in [0.05, 0.1) is 24.1 Å². The molecule has 1 rings (SSSR count). The van der Waals surface area contributed by atoms with Crippen LogP contribution in [-0.2, 0) is 23.9 Å². The number of ether oxygens (including phenoxy) is 2. The summed E-state index contributed by atoms with van der Waals surface area (Å²) in [5.74, 6) is -1.78. The van der Waals surface area contributed by atoms with Crippen LogP contribution in [0.4, 0.5) is 0 Å². The maximum atomic E-state index is 12.4. The summed E-state index contributed by atoms with van der Waals surface area (Å²) in [6.45, 7) is 10.5. The van der Waals surface area contributed by atoms with Gasteiger partial charge in [0.1, 0.15) is 5.75 Å². The van der Waals surface area contributed by atoms with E-state index in [1.807, 2.05) is 51.1 Å². The Morgan fingerprint density at radius 3 is 2.35 bits per heavy atom. The lowest BCUT2D eigenvalue weighted by molar-refractivity contribution is -0.171. The van der Waals surface area contributed by atoms with Gasteiger partial charge in [0.25, 0.3) is 0 Å². The number of rotatable bonds is 17. The minimum atomic E-state index is -1.24. The number of benzene rings is 1. The third-order valence-electron chi connectivity index (χ3n) is 6.37. The van der Waals surface area contributed by atoms with Crippen LogP contribution in [0.3, 0.4) is 0 Å². The predicted molar refractivity (Wildman–Crippen MR) is 183 cm³/mol. The number of allylic oxidation sites excluding steroid dienone is 4. The van der Waals surface area contributed by atoms with Gasteiger partial charge in [0.2, 0.25) is 11.8 Å². The summed E-state index contributed by atoms with van der Waals surface area (Å²) < 4.78 is 10.1. The molecule has 0 spiro atoms. The van der Waals surface area contributed by atoms with Crippen LogP contribution < -0.4 is 21.1 Å². The molecule has 5 N–H and O–H groups in total. The molecule has 2 amide bonds. The molecular formula is C34H51ClN4O7. The van der Waals surface area contributed by atoms with Crippen molar-refractivity contribution in [1.82, 2.24) is 10.6 Å². The summed E-state index contributed by atoms with van der Waals surface area (Å²) in [6, 6.07) is 5.70. The van der Waals surface area contributed by atoms with Crippen LogP contribution in [0.5, 0.6) is 5.75 Å². The first-order chi connectivity index (χ1) is 21.6. The number of carbonyl (C=O) groups is 4. The van der Waals surface area contributed by atoms with E-state index in [1.54, 1.807) is 40.3 Å². The van der Waals surface area contributed by atoms with Gasteiger partial charge in [0.15, 0.2) is 6.10 Å². The van der Waals surface area contributed by atoms with E-state index in [-0.39, 0.29) is 31.3 Å². The molecule has 2 unspecified atom stereocenters. The molecule has 1 aromatic carbocycles. The third-order valence-corrected chi connectivity index (χ3v) is 6.66. The number of halogens is 1. The van der Waals surface area contributed by atoms with Crippen LogP contribution in [0.2, 0.25) is 5.02 Å². The fourth-order valence-corrected chi connectivity index (χ4v) is 3.89. The number of amides is 2. The third kappa shape index (κ3) is 18.6. The van der Waals surface area contributed by atoms with E-state index in [0.29, 0.717) is 11.4 Å².